The van der Waals surface area contributed by atoms with Crippen LogP contribution in [0.15, 0.2) is 24.3 Å². The molecule has 0 heterocycles. The number of hydrogen-bond acceptors (Lipinski definition) is 2. The fourth-order valence-corrected chi connectivity index (χ4v) is 3.47. The predicted molar refractivity (Wildman–Crippen MR) is 98.0 cm³/mol. The van der Waals surface area contributed by atoms with Gasteiger partial charge < -0.3 is 10.6 Å². The number of rotatable bonds is 6. The minimum absolute atomic E-state index is 0.0761. The van der Waals surface area contributed by atoms with Gasteiger partial charge in [0.15, 0.2) is 0 Å². The van der Waals surface area contributed by atoms with Crippen LogP contribution in [0.5, 0.6) is 0 Å². The molecule has 3 atom stereocenters. The molecule has 2 rings (SSSR count). The van der Waals surface area contributed by atoms with Crippen molar-refractivity contribution in [2.45, 2.75) is 64.6 Å². The second-order valence-corrected chi connectivity index (χ2v) is 7.42. The van der Waals surface area contributed by atoms with Gasteiger partial charge in [0.2, 0.25) is 11.8 Å². The van der Waals surface area contributed by atoms with Crippen LogP contribution in [-0.4, -0.2) is 17.9 Å². The molecule has 1 aromatic carbocycles. The first-order chi connectivity index (χ1) is 12.7. The second-order valence-electron chi connectivity index (χ2n) is 7.42. The SMILES string of the molecule is C[C@@H]1[C@@H](C)CCC[C@H]1NC(=O)CCCC(=O)Nc1cccc(C(F)(F)F)c1. The summed E-state index contributed by atoms with van der Waals surface area (Å²) < 4.78 is 38.1. The molecule has 0 saturated heterocycles. The maximum atomic E-state index is 12.7. The van der Waals surface area contributed by atoms with Crippen molar-refractivity contribution >= 4 is 17.5 Å². The predicted octanol–water partition coefficient (Wildman–Crippen LogP) is 4.76. The summed E-state index contributed by atoms with van der Waals surface area (Å²) in [5.74, 6) is 0.545. The highest BCUT2D eigenvalue weighted by molar-refractivity contribution is 5.91. The van der Waals surface area contributed by atoms with E-state index < -0.39 is 17.6 Å². The van der Waals surface area contributed by atoms with Gasteiger partial charge in [0.25, 0.3) is 0 Å². The molecule has 7 heteroatoms. The number of nitrogens with one attached hydrogen (secondary N) is 2. The average Bonchev–Trinajstić information content (AvgIpc) is 2.58. The van der Waals surface area contributed by atoms with Gasteiger partial charge in [0, 0.05) is 24.6 Å². The molecule has 0 aliphatic heterocycles. The molecule has 1 aromatic rings. The van der Waals surface area contributed by atoms with Crippen LogP contribution in [0.3, 0.4) is 0 Å². The summed E-state index contributed by atoms with van der Waals surface area (Å²) in [5.41, 5.74) is -0.709. The van der Waals surface area contributed by atoms with Gasteiger partial charge in [-0.15, -0.1) is 0 Å². The van der Waals surface area contributed by atoms with E-state index in [0.29, 0.717) is 18.3 Å². The van der Waals surface area contributed by atoms with Crippen molar-refractivity contribution in [3.63, 3.8) is 0 Å². The van der Waals surface area contributed by atoms with Crippen LogP contribution in [0.2, 0.25) is 0 Å². The highest BCUT2D eigenvalue weighted by Crippen LogP contribution is 2.31. The van der Waals surface area contributed by atoms with Crippen molar-refractivity contribution in [3.05, 3.63) is 29.8 Å². The topological polar surface area (TPSA) is 58.2 Å². The van der Waals surface area contributed by atoms with Crippen LogP contribution < -0.4 is 10.6 Å². The molecular formula is C20H27F3N2O2. The summed E-state index contributed by atoms with van der Waals surface area (Å²) in [6.45, 7) is 4.35. The quantitative estimate of drug-likeness (QED) is 0.743. The van der Waals surface area contributed by atoms with Gasteiger partial charge >= 0.3 is 6.18 Å². The second kappa shape index (κ2) is 9.24. The lowest BCUT2D eigenvalue weighted by atomic mass is 9.78. The molecule has 1 fully saturated rings. The van der Waals surface area contributed by atoms with Gasteiger partial charge in [-0.1, -0.05) is 32.8 Å². The monoisotopic (exact) mass is 384 g/mol. The third-order valence-corrected chi connectivity index (χ3v) is 5.33. The Labute approximate surface area is 157 Å². The molecule has 150 valence electrons. The summed E-state index contributed by atoms with van der Waals surface area (Å²) in [6.07, 6.45) is -0.514. The number of benzene rings is 1. The van der Waals surface area contributed by atoms with Gasteiger partial charge in [-0.2, -0.15) is 13.2 Å². The van der Waals surface area contributed by atoms with Gasteiger partial charge in [-0.25, -0.2) is 0 Å². The first kappa shape index (κ1) is 21.3. The molecule has 4 nitrogen and oxygen atoms in total. The molecule has 2 amide bonds. The lowest BCUT2D eigenvalue weighted by molar-refractivity contribution is -0.137. The highest BCUT2D eigenvalue weighted by atomic mass is 19.4. The summed E-state index contributed by atoms with van der Waals surface area (Å²) in [6, 6.07) is 4.69. The summed E-state index contributed by atoms with van der Waals surface area (Å²) in [7, 11) is 0. The average molecular weight is 384 g/mol. The van der Waals surface area contributed by atoms with E-state index in [1.165, 1.54) is 18.6 Å². The van der Waals surface area contributed by atoms with Crippen LogP contribution in [0.25, 0.3) is 0 Å². The zero-order valence-corrected chi connectivity index (χ0v) is 15.7. The van der Waals surface area contributed by atoms with E-state index >= 15 is 0 Å². The Morgan fingerprint density at radius 3 is 2.52 bits per heavy atom. The molecule has 0 aromatic heterocycles. The minimum atomic E-state index is -4.45. The first-order valence-electron chi connectivity index (χ1n) is 9.43. The zero-order valence-electron chi connectivity index (χ0n) is 15.7. The standard InChI is InChI=1S/C20H27F3N2O2/c1-13-6-3-9-17(14(13)2)25-19(27)11-5-10-18(26)24-16-8-4-7-15(12-16)20(21,22)23/h4,7-8,12-14,17H,3,5-6,9-11H2,1-2H3,(H,24,26)(H,25,27)/t13-,14+,17+/m0/s1. The van der Waals surface area contributed by atoms with Crippen molar-refractivity contribution in [1.82, 2.24) is 5.32 Å². The summed E-state index contributed by atoms with van der Waals surface area (Å²) in [4.78, 5) is 24.0. The lowest BCUT2D eigenvalue weighted by Crippen LogP contribution is -2.43. The van der Waals surface area contributed by atoms with E-state index in [1.54, 1.807) is 0 Å². The molecule has 1 saturated carbocycles. The third-order valence-electron chi connectivity index (χ3n) is 5.33. The van der Waals surface area contributed by atoms with E-state index in [9.17, 15) is 22.8 Å². The van der Waals surface area contributed by atoms with E-state index in [0.717, 1.165) is 25.0 Å². The summed E-state index contributed by atoms with van der Waals surface area (Å²) in [5, 5.41) is 5.50. The van der Waals surface area contributed by atoms with E-state index in [2.05, 4.69) is 24.5 Å². The van der Waals surface area contributed by atoms with Crippen LogP contribution in [0.4, 0.5) is 18.9 Å². The van der Waals surface area contributed by atoms with Crippen molar-refractivity contribution in [2.24, 2.45) is 11.8 Å². The number of carbonyl (C=O) groups excluding carboxylic acids is 2. The van der Waals surface area contributed by atoms with Gasteiger partial charge in [-0.05, 0) is 42.9 Å². The number of amides is 2. The Kier molecular flexibility index (Phi) is 7.27. The van der Waals surface area contributed by atoms with Crippen molar-refractivity contribution in [2.75, 3.05) is 5.32 Å². The molecular weight excluding hydrogens is 357 g/mol. The van der Waals surface area contributed by atoms with Crippen LogP contribution in [0, 0.1) is 11.8 Å². The maximum absolute atomic E-state index is 12.7. The Morgan fingerprint density at radius 1 is 1.11 bits per heavy atom. The van der Waals surface area contributed by atoms with E-state index in [-0.39, 0.29) is 30.5 Å². The Balaban J connectivity index is 1.74. The zero-order chi connectivity index (χ0) is 20.0. The van der Waals surface area contributed by atoms with Crippen molar-refractivity contribution < 1.29 is 22.8 Å². The van der Waals surface area contributed by atoms with Crippen LogP contribution in [-0.2, 0) is 15.8 Å². The number of hydrogen-bond donors (Lipinski definition) is 2. The summed E-state index contributed by atoms with van der Waals surface area (Å²) >= 11 is 0. The number of carbonyl (C=O) groups is 2. The van der Waals surface area contributed by atoms with Crippen molar-refractivity contribution in [3.8, 4) is 0 Å². The number of anilines is 1. The Hall–Kier alpha value is -2.05. The molecule has 0 spiro atoms. The molecule has 0 bridgehead atoms. The first-order valence-corrected chi connectivity index (χ1v) is 9.43. The fraction of sp³-hybridized carbons (Fsp3) is 0.600. The fourth-order valence-electron chi connectivity index (χ4n) is 3.47. The molecule has 2 N–H and O–H groups in total. The lowest BCUT2D eigenvalue weighted by Gasteiger charge is -2.34. The molecule has 27 heavy (non-hydrogen) atoms. The molecule has 1 aliphatic rings. The Bertz CT molecular complexity index is 661. The van der Waals surface area contributed by atoms with Crippen LogP contribution in [0.1, 0.15) is 57.9 Å². The minimum Gasteiger partial charge on any atom is -0.353 e. The number of alkyl halides is 3. The van der Waals surface area contributed by atoms with Crippen LogP contribution >= 0.6 is 0 Å². The number of halogens is 3. The maximum Gasteiger partial charge on any atom is 0.416 e. The molecule has 0 radical (unpaired) electrons. The molecule has 1 aliphatic carbocycles. The van der Waals surface area contributed by atoms with E-state index in [1.807, 2.05) is 0 Å². The largest absolute Gasteiger partial charge is 0.416 e. The van der Waals surface area contributed by atoms with Gasteiger partial charge in [0.1, 0.15) is 0 Å². The normalized spacial score (nSPS) is 22.9. The van der Waals surface area contributed by atoms with E-state index in [4.69, 9.17) is 0 Å². The highest BCUT2D eigenvalue weighted by Gasteiger charge is 2.30. The Morgan fingerprint density at radius 2 is 1.81 bits per heavy atom. The third kappa shape index (κ3) is 6.56. The molecule has 0 unspecified atom stereocenters. The smallest absolute Gasteiger partial charge is 0.353 e. The van der Waals surface area contributed by atoms with Crippen molar-refractivity contribution in [1.29, 1.82) is 0 Å². The van der Waals surface area contributed by atoms with Gasteiger partial charge in [-0.3, -0.25) is 9.59 Å². The van der Waals surface area contributed by atoms with Gasteiger partial charge in [0.05, 0.1) is 5.56 Å².